The number of carboxylic acids is 1. The van der Waals surface area contributed by atoms with Gasteiger partial charge in [-0.05, 0) is 6.92 Å². The molecule has 0 aromatic rings. The summed E-state index contributed by atoms with van der Waals surface area (Å²) < 4.78 is 23.0. The van der Waals surface area contributed by atoms with Crippen molar-refractivity contribution in [2.75, 3.05) is 5.75 Å². The van der Waals surface area contributed by atoms with Crippen molar-refractivity contribution in [3.63, 3.8) is 0 Å². The first kappa shape index (κ1) is 13.9. The Hall–Kier alpha value is -1.11. The number of nitrogens with two attached hydrogens (primary N) is 1. The molecular weight excluding hydrogens is 222 g/mol. The molecule has 0 aromatic heterocycles. The number of sulfone groups is 1. The van der Waals surface area contributed by atoms with Crippen molar-refractivity contribution in [1.29, 1.82) is 0 Å². The van der Waals surface area contributed by atoms with E-state index in [1.165, 1.54) is 13.8 Å². The van der Waals surface area contributed by atoms with E-state index in [1.54, 1.807) is 0 Å². The summed E-state index contributed by atoms with van der Waals surface area (Å²) in [6.07, 6.45) is -0.464. The molecule has 0 heterocycles. The highest BCUT2D eigenvalue weighted by atomic mass is 32.2. The first-order valence-corrected chi connectivity index (χ1v) is 6.11. The zero-order chi connectivity index (χ0) is 12.2. The Morgan fingerprint density at radius 3 is 2.13 bits per heavy atom. The average molecular weight is 237 g/mol. The largest absolute Gasteiger partial charge is 0.481 e. The van der Waals surface area contributed by atoms with Gasteiger partial charge in [-0.2, -0.15) is 0 Å². The molecule has 0 bridgehead atoms. The third kappa shape index (κ3) is 4.78. The number of hydrogen-bond donors (Lipinski definition) is 2. The summed E-state index contributed by atoms with van der Waals surface area (Å²) in [4.78, 5) is 21.0. The summed E-state index contributed by atoms with van der Waals surface area (Å²) in [5, 5.41) is 7.43. The maximum absolute atomic E-state index is 11.5. The Balaban J connectivity index is 4.55. The molecule has 0 spiro atoms. The number of rotatable bonds is 6. The molecule has 2 atom stereocenters. The molecule has 7 heteroatoms. The van der Waals surface area contributed by atoms with Crippen molar-refractivity contribution in [3.8, 4) is 0 Å². The van der Waals surface area contributed by atoms with Gasteiger partial charge >= 0.3 is 5.97 Å². The van der Waals surface area contributed by atoms with Crippen molar-refractivity contribution in [3.05, 3.63) is 0 Å². The third-order valence-corrected chi connectivity index (χ3v) is 4.40. The Morgan fingerprint density at radius 2 is 1.80 bits per heavy atom. The Bertz CT molecular complexity index is 348. The fourth-order valence-corrected chi connectivity index (χ4v) is 2.55. The van der Waals surface area contributed by atoms with Crippen molar-refractivity contribution in [2.24, 2.45) is 11.7 Å². The van der Waals surface area contributed by atoms with E-state index in [2.05, 4.69) is 0 Å². The van der Waals surface area contributed by atoms with Gasteiger partial charge in [-0.15, -0.1) is 0 Å². The Morgan fingerprint density at radius 1 is 1.33 bits per heavy atom. The summed E-state index contributed by atoms with van der Waals surface area (Å²) in [6, 6.07) is 0. The molecule has 3 N–H and O–H groups in total. The minimum Gasteiger partial charge on any atom is -0.481 e. The van der Waals surface area contributed by atoms with E-state index >= 15 is 0 Å². The first-order chi connectivity index (χ1) is 6.66. The van der Waals surface area contributed by atoms with Gasteiger partial charge in [-0.3, -0.25) is 9.59 Å². The molecule has 15 heavy (non-hydrogen) atoms. The maximum Gasteiger partial charge on any atom is 0.304 e. The number of primary amides is 1. The van der Waals surface area contributed by atoms with Crippen LogP contribution in [0.25, 0.3) is 0 Å². The van der Waals surface area contributed by atoms with Crippen LogP contribution in [0.2, 0.25) is 0 Å². The van der Waals surface area contributed by atoms with Crippen LogP contribution in [0.15, 0.2) is 0 Å². The summed E-state index contributed by atoms with van der Waals surface area (Å²) in [6.45, 7) is 2.70. The van der Waals surface area contributed by atoms with Crippen LogP contribution in [0.1, 0.15) is 20.3 Å². The minimum atomic E-state index is -3.58. The molecule has 1 amide bonds. The van der Waals surface area contributed by atoms with E-state index in [0.29, 0.717) is 0 Å². The molecule has 0 saturated carbocycles. The van der Waals surface area contributed by atoms with Crippen LogP contribution in [0, 0.1) is 5.92 Å². The number of carbonyl (C=O) groups excluding carboxylic acids is 1. The highest BCUT2D eigenvalue weighted by Gasteiger charge is 2.27. The zero-order valence-corrected chi connectivity index (χ0v) is 9.45. The molecule has 0 aliphatic rings. The lowest BCUT2D eigenvalue weighted by Gasteiger charge is -2.13. The Labute approximate surface area is 88.4 Å². The highest BCUT2D eigenvalue weighted by Crippen LogP contribution is 2.10. The van der Waals surface area contributed by atoms with Crippen LogP contribution in [0.3, 0.4) is 0 Å². The van der Waals surface area contributed by atoms with Gasteiger partial charge in [0.2, 0.25) is 5.91 Å². The van der Waals surface area contributed by atoms with Crippen LogP contribution in [0.4, 0.5) is 0 Å². The van der Waals surface area contributed by atoms with Crippen molar-refractivity contribution in [1.82, 2.24) is 0 Å². The summed E-state index contributed by atoms with van der Waals surface area (Å²) >= 11 is 0. The quantitative estimate of drug-likeness (QED) is 0.639. The van der Waals surface area contributed by atoms with Gasteiger partial charge in [0.1, 0.15) is 0 Å². The molecular formula is C8H15NO5S. The molecule has 0 aliphatic heterocycles. The number of carboxylic acid groups (broad SMARTS) is 1. The summed E-state index contributed by atoms with van der Waals surface area (Å²) in [7, 11) is -3.58. The van der Waals surface area contributed by atoms with E-state index in [4.69, 9.17) is 10.8 Å². The van der Waals surface area contributed by atoms with E-state index in [1.807, 2.05) is 0 Å². The standard InChI is InChI=1S/C8H15NO5S/c1-5(8(9)12)4-15(13,14)6(2)3-7(10)11/h5-6H,3-4H2,1-2H3,(H2,9,12)(H,10,11). The molecule has 0 radical (unpaired) electrons. The summed E-state index contributed by atoms with van der Waals surface area (Å²) in [5.74, 6) is -3.10. The fraction of sp³-hybridized carbons (Fsp3) is 0.750. The second kappa shape index (κ2) is 5.11. The SMILES string of the molecule is CC(CS(=O)(=O)C(C)CC(=O)O)C(N)=O. The zero-order valence-electron chi connectivity index (χ0n) is 8.63. The van der Waals surface area contributed by atoms with Crippen molar-refractivity contribution in [2.45, 2.75) is 25.5 Å². The predicted octanol–water partition coefficient (Wildman–Crippen LogP) is -0.614. The normalized spacial score (nSPS) is 15.6. The topological polar surface area (TPSA) is 115 Å². The first-order valence-electron chi connectivity index (χ1n) is 4.39. The van der Waals surface area contributed by atoms with E-state index < -0.39 is 45.1 Å². The smallest absolute Gasteiger partial charge is 0.304 e. The minimum absolute atomic E-state index is 0.406. The van der Waals surface area contributed by atoms with Gasteiger partial charge in [0.15, 0.2) is 9.84 Å². The van der Waals surface area contributed by atoms with Gasteiger partial charge in [0, 0.05) is 5.92 Å². The predicted molar refractivity (Wildman–Crippen MR) is 53.9 cm³/mol. The number of amides is 1. The molecule has 0 rings (SSSR count). The van der Waals surface area contributed by atoms with E-state index in [0.717, 1.165) is 0 Å². The van der Waals surface area contributed by atoms with Gasteiger partial charge in [-0.1, -0.05) is 6.92 Å². The van der Waals surface area contributed by atoms with E-state index in [9.17, 15) is 18.0 Å². The number of aliphatic carboxylic acids is 1. The molecule has 6 nitrogen and oxygen atoms in total. The molecule has 0 fully saturated rings. The van der Waals surface area contributed by atoms with Crippen LogP contribution in [-0.4, -0.2) is 36.4 Å². The van der Waals surface area contributed by atoms with Gasteiger partial charge < -0.3 is 10.8 Å². The lowest BCUT2D eigenvalue weighted by molar-refractivity contribution is -0.136. The molecule has 0 aliphatic carbocycles. The summed E-state index contributed by atoms with van der Waals surface area (Å²) in [5.41, 5.74) is 4.92. The van der Waals surface area contributed by atoms with E-state index in [-0.39, 0.29) is 0 Å². The van der Waals surface area contributed by atoms with Gasteiger partial charge in [-0.25, -0.2) is 8.42 Å². The fourth-order valence-electron chi connectivity index (χ4n) is 0.968. The number of carbonyl (C=O) groups is 2. The molecule has 2 unspecified atom stereocenters. The lowest BCUT2D eigenvalue weighted by Crippen LogP contribution is -2.32. The number of hydrogen-bond acceptors (Lipinski definition) is 4. The van der Waals surface area contributed by atoms with Crippen LogP contribution >= 0.6 is 0 Å². The third-order valence-electron chi connectivity index (χ3n) is 2.04. The van der Waals surface area contributed by atoms with Gasteiger partial charge in [0.25, 0.3) is 0 Å². The molecule has 0 aromatic carbocycles. The maximum atomic E-state index is 11.5. The van der Waals surface area contributed by atoms with Crippen LogP contribution in [0.5, 0.6) is 0 Å². The molecule has 88 valence electrons. The monoisotopic (exact) mass is 237 g/mol. The highest BCUT2D eigenvalue weighted by molar-refractivity contribution is 7.92. The van der Waals surface area contributed by atoms with Crippen LogP contribution in [-0.2, 0) is 19.4 Å². The average Bonchev–Trinajstić information content (AvgIpc) is 2.01. The second-order valence-electron chi connectivity index (χ2n) is 3.54. The van der Waals surface area contributed by atoms with Crippen molar-refractivity contribution < 1.29 is 23.1 Å². The Kier molecular flexibility index (Phi) is 4.73. The molecule has 0 saturated heterocycles. The lowest BCUT2D eigenvalue weighted by atomic mass is 10.2. The van der Waals surface area contributed by atoms with Crippen molar-refractivity contribution >= 4 is 21.7 Å². The second-order valence-corrected chi connectivity index (χ2v) is 6.01. The van der Waals surface area contributed by atoms with Gasteiger partial charge in [0.05, 0.1) is 17.4 Å². The van der Waals surface area contributed by atoms with Crippen LogP contribution < -0.4 is 5.73 Å².